The van der Waals surface area contributed by atoms with Gasteiger partial charge in [0.05, 0.1) is 11.4 Å². The Morgan fingerprint density at radius 2 is 2.04 bits per heavy atom. The number of aromatic nitrogens is 4. The van der Waals surface area contributed by atoms with E-state index in [1.54, 1.807) is 28.9 Å². The van der Waals surface area contributed by atoms with Crippen molar-refractivity contribution in [1.82, 2.24) is 19.6 Å². The smallest absolute Gasteiger partial charge is 0.276 e. The SMILES string of the molecule is Cc1c(NC2CCCC2)ccc2nc(NC(=O)c3ccccn3)nn12. The van der Waals surface area contributed by atoms with E-state index < -0.39 is 0 Å². The van der Waals surface area contributed by atoms with Crippen LogP contribution in [0, 0.1) is 6.92 Å². The van der Waals surface area contributed by atoms with Gasteiger partial charge in [-0.25, -0.2) is 4.52 Å². The van der Waals surface area contributed by atoms with Gasteiger partial charge in [-0.3, -0.25) is 15.1 Å². The lowest BCUT2D eigenvalue weighted by Crippen LogP contribution is -2.16. The largest absolute Gasteiger partial charge is 0.381 e. The van der Waals surface area contributed by atoms with E-state index in [4.69, 9.17) is 0 Å². The first kappa shape index (κ1) is 15.6. The van der Waals surface area contributed by atoms with Crippen LogP contribution in [0.15, 0.2) is 36.5 Å². The van der Waals surface area contributed by atoms with Gasteiger partial charge in [-0.2, -0.15) is 4.98 Å². The van der Waals surface area contributed by atoms with Gasteiger partial charge in [0.25, 0.3) is 5.91 Å². The van der Waals surface area contributed by atoms with Gasteiger partial charge in [-0.1, -0.05) is 18.9 Å². The first-order valence-electron chi connectivity index (χ1n) is 8.56. The van der Waals surface area contributed by atoms with Crippen LogP contribution >= 0.6 is 0 Å². The van der Waals surface area contributed by atoms with Gasteiger partial charge in [0.1, 0.15) is 5.69 Å². The molecule has 0 radical (unpaired) electrons. The van der Waals surface area contributed by atoms with Crippen molar-refractivity contribution in [3.63, 3.8) is 0 Å². The van der Waals surface area contributed by atoms with E-state index in [-0.39, 0.29) is 11.9 Å². The molecular formula is C18H20N6O. The number of hydrogen-bond acceptors (Lipinski definition) is 5. The van der Waals surface area contributed by atoms with Crippen LogP contribution in [-0.4, -0.2) is 31.5 Å². The van der Waals surface area contributed by atoms with Crippen LogP contribution in [0.3, 0.4) is 0 Å². The van der Waals surface area contributed by atoms with Crippen LogP contribution in [-0.2, 0) is 0 Å². The number of fused-ring (bicyclic) bond motifs is 1. The summed E-state index contributed by atoms with van der Waals surface area (Å²) in [4.78, 5) is 20.6. The summed E-state index contributed by atoms with van der Waals surface area (Å²) in [6, 6.07) is 9.66. The molecule has 7 heteroatoms. The van der Waals surface area contributed by atoms with Crippen molar-refractivity contribution >= 4 is 23.2 Å². The lowest BCUT2D eigenvalue weighted by Gasteiger charge is -2.15. The van der Waals surface area contributed by atoms with Gasteiger partial charge in [0.15, 0.2) is 5.65 Å². The van der Waals surface area contributed by atoms with Crippen molar-refractivity contribution in [1.29, 1.82) is 0 Å². The molecule has 4 rings (SSSR count). The molecule has 0 bridgehead atoms. The fraction of sp³-hybridized carbons (Fsp3) is 0.333. The standard InChI is InChI=1S/C18H20N6O/c1-12-14(20-13-6-2-3-7-13)9-10-16-21-18(23-24(12)16)22-17(25)15-8-4-5-11-19-15/h4-5,8-11,13,20H,2-3,6-7H2,1H3,(H,22,23,25). The summed E-state index contributed by atoms with van der Waals surface area (Å²) in [5.74, 6) is -0.0461. The minimum atomic E-state index is -0.321. The molecule has 25 heavy (non-hydrogen) atoms. The summed E-state index contributed by atoms with van der Waals surface area (Å²) in [7, 11) is 0. The zero-order valence-corrected chi connectivity index (χ0v) is 14.1. The van der Waals surface area contributed by atoms with Crippen LogP contribution in [0.5, 0.6) is 0 Å². The molecule has 1 aliphatic rings. The van der Waals surface area contributed by atoms with E-state index in [1.165, 1.54) is 25.7 Å². The summed E-state index contributed by atoms with van der Waals surface area (Å²) in [6.07, 6.45) is 6.57. The van der Waals surface area contributed by atoms with E-state index >= 15 is 0 Å². The average Bonchev–Trinajstić information content (AvgIpc) is 3.28. The lowest BCUT2D eigenvalue weighted by atomic mass is 10.2. The Hall–Kier alpha value is -2.96. The number of hydrogen-bond donors (Lipinski definition) is 2. The fourth-order valence-corrected chi connectivity index (χ4v) is 3.23. The number of nitrogens with one attached hydrogen (secondary N) is 2. The number of nitrogens with zero attached hydrogens (tertiary/aromatic N) is 4. The third-order valence-corrected chi connectivity index (χ3v) is 4.58. The Morgan fingerprint density at radius 1 is 1.20 bits per heavy atom. The van der Waals surface area contributed by atoms with Gasteiger partial charge in [-0.15, -0.1) is 5.10 Å². The summed E-state index contributed by atoms with van der Waals surface area (Å²) < 4.78 is 1.76. The zero-order valence-electron chi connectivity index (χ0n) is 14.1. The van der Waals surface area contributed by atoms with Crippen LogP contribution < -0.4 is 10.6 Å². The molecule has 1 aliphatic carbocycles. The second kappa shape index (κ2) is 6.51. The van der Waals surface area contributed by atoms with Crippen LogP contribution in [0.1, 0.15) is 41.9 Å². The van der Waals surface area contributed by atoms with Crippen molar-refractivity contribution in [3.8, 4) is 0 Å². The topological polar surface area (TPSA) is 84.2 Å². The summed E-state index contributed by atoms with van der Waals surface area (Å²) in [6.45, 7) is 2.00. The molecular weight excluding hydrogens is 316 g/mol. The number of rotatable bonds is 4. The highest BCUT2D eigenvalue weighted by atomic mass is 16.2. The average molecular weight is 336 g/mol. The third kappa shape index (κ3) is 3.17. The van der Waals surface area contributed by atoms with Gasteiger partial charge < -0.3 is 5.32 Å². The van der Waals surface area contributed by atoms with E-state index in [1.807, 2.05) is 19.1 Å². The Balaban J connectivity index is 1.57. The van der Waals surface area contributed by atoms with E-state index in [0.29, 0.717) is 17.4 Å². The van der Waals surface area contributed by atoms with Gasteiger partial charge in [-0.05, 0) is 44.0 Å². The summed E-state index contributed by atoms with van der Waals surface area (Å²) in [5.41, 5.74) is 3.08. The van der Waals surface area contributed by atoms with Crippen molar-refractivity contribution in [2.75, 3.05) is 10.6 Å². The van der Waals surface area contributed by atoms with E-state index in [9.17, 15) is 4.79 Å². The highest BCUT2D eigenvalue weighted by Gasteiger charge is 2.17. The molecule has 0 unspecified atom stereocenters. The quantitative estimate of drug-likeness (QED) is 0.765. The number of carbonyl (C=O) groups excluding carboxylic acids is 1. The number of anilines is 2. The number of amides is 1. The summed E-state index contributed by atoms with van der Waals surface area (Å²) in [5, 5.41) is 10.7. The van der Waals surface area contributed by atoms with Crippen molar-refractivity contribution in [2.45, 2.75) is 38.6 Å². The monoisotopic (exact) mass is 336 g/mol. The van der Waals surface area contributed by atoms with E-state index in [2.05, 4.69) is 25.7 Å². The first-order chi connectivity index (χ1) is 12.2. The predicted molar refractivity (Wildman–Crippen MR) is 95.8 cm³/mol. The Bertz CT molecular complexity index is 899. The van der Waals surface area contributed by atoms with Gasteiger partial charge in [0.2, 0.25) is 5.95 Å². The zero-order chi connectivity index (χ0) is 17.2. The van der Waals surface area contributed by atoms with Crippen molar-refractivity contribution in [3.05, 3.63) is 47.9 Å². The highest BCUT2D eigenvalue weighted by Crippen LogP contribution is 2.25. The molecule has 2 N–H and O–H groups in total. The fourth-order valence-electron chi connectivity index (χ4n) is 3.23. The second-order valence-electron chi connectivity index (χ2n) is 6.33. The maximum absolute atomic E-state index is 12.2. The van der Waals surface area contributed by atoms with E-state index in [0.717, 1.165) is 11.4 Å². The molecule has 1 saturated carbocycles. The molecule has 7 nitrogen and oxygen atoms in total. The maximum atomic E-state index is 12.2. The number of aryl methyl sites for hydroxylation is 1. The lowest BCUT2D eigenvalue weighted by molar-refractivity contribution is 0.102. The summed E-state index contributed by atoms with van der Waals surface area (Å²) >= 11 is 0. The van der Waals surface area contributed by atoms with Crippen LogP contribution in [0.4, 0.5) is 11.6 Å². The Labute approximate surface area is 145 Å². The number of pyridine rings is 2. The molecule has 0 spiro atoms. The minimum Gasteiger partial charge on any atom is -0.381 e. The molecule has 3 heterocycles. The normalized spacial score (nSPS) is 14.8. The third-order valence-electron chi connectivity index (χ3n) is 4.58. The molecule has 1 amide bonds. The molecule has 0 atom stereocenters. The molecule has 128 valence electrons. The first-order valence-corrected chi connectivity index (χ1v) is 8.56. The second-order valence-corrected chi connectivity index (χ2v) is 6.33. The maximum Gasteiger partial charge on any atom is 0.276 e. The highest BCUT2D eigenvalue weighted by molar-refractivity contribution is 6.01. The minimum absolute atomic E-state index is 0.275. The van der Waals surface area contributed by atoms with Crippen molar-refractivity contribution < 1.29 is 4.79 Å². The molecule has 0 saturated heterocycles. The Kier molecular flexibility index (Phi) is 4.05. The predicted octanol–water partition coefficient (Wildman–Crippen LogP) is 3.04. The molecule has 3 aromatic heterocycles. The Morgan fingerprint density at radius 3 is 2.80 bits per heavy atom. The van der Waals surface area contributed by atoms with Crippen LogP contribution in [0.2, 0.25) is 0 Å². The molecule has 0 aromatic carbocycles. The number of carbonyl (C=O) groups is 1. The molecule has 0 aliphatic heterocycles. The molecule has 1 fully saturated rings. The molecule has 3 aromatic rings. The van der Waals surface area contributed by atoms with Crippen molar-refractivity contribution in [2.24, 2.45) is 0 Å². The van der Waals surface area contributed by atoms with Gasteiger partial charge >= 0.3 is 0 Å². The van der Waals surface area contributed by atoms with Gasteiger partial charge in [0, 0.05) is 12.2 Å². The van der Waals surface area contributed by atoms with Crippen LogP contribution in [0.25, 0.3) is 5.65 Å².